The molecule has 0 aliphatic carbocycles. The SMILES string of the molecule is O=C(NCc1nnc2n1CCCNC2)c1ccc(NC(=O)N2Cc3ccccc3C2)nn1. The summed E-state index contributed by atoms with van der Waals surface area (Å²) in [6.07, 6.45) is 0.980. The number of nitrogens with zero attached hydrogens (tertiary/aromatic N) is 6. The molecule has 0 atom stereocenters. The number of fused-ring (bicyclic) bond motifs is 2. The monoisotopic (exact) mass is 433 g/mol. The molecular formula is C21H23N9O2. The van der Waals surface area contributed by atoms with Crippen LogP contribution in [0, 0.1) is 0 Å². The Kier molecular flexibility index (Phi) is 5.46. The fourth-order valence-electron chi connectivity index (χ4n) is 3.89. The minimum Gasteiger partial charge on any atom is -0.343 e. The van der Waals surface area contributed by atoms with Gasteiger partial charge in [0.25, 0.3) is 5.91 Å². The lowest BCUT2D eigenvalue weighted by molar-refractivity contribution is 0.0943. The van der Waals surface area contributed by atoms with Gasteiger partial charge in [0.05, 0.1) is 13.1 Å². The molecule has 3 aromatic rings. The van der Waals surface area contributed by atoms with Gasteiger partial charge in [-0.2, -0.15) is 0 Å². The molecule has 2 aliphatic rings. The second-order valence-electron chi connectivity index (χ2n) is 7.76. The van der Waals surface area contributed by atoms with E-state index in [-0.39, 0.29) is 30.0 Å². The van der Waals surface area contributed by atoms with Crippen molar-refractivity contribution in [2.45, 2.75) is 39.1 Å². The van der Waals surface area contributed by atoms with Crippen molar-refractivity contribution in [2.75, 3.05) is 11.9 Å². The third kappa shape index (κ3) is 4.14. The van der Waals surface area contributed by atoms with Crippen molar-refractivity contribution in [1.82, 2.24) is 40.5 Å². The van der Waals surface area contributed by atoms with Crippen LogP contribution < -0.4 is 16.0 Å². The van der Waals surface area contributed by atoms with E-state index in [4.69, 9.17) is 0 Å². The molecule has 3 N–H and O–H groups in total. The van der Waals surface area contributed by atoms with Crippen molar-refractivity contribution < 1.29 is 9.59 Å². The number of hydrogen-bond acceptors (Lipinski definition) is 7. The number of aromatic nitrogens is 5. The van der Waals surface area contributed by atoms with Gasteiger partial charge < -0.3 is 20.1 Å². The molecule has 0 bridgehead atoms. The molecule has 0 spiro atoms. The summed E-state index contributed by atoms with van der Waals surface area (Å²) >= 11 is 0. The molecular weight excluding hydrogens is 410 g/mol. The Balaban J connectivity index is 1.16. The van der Waals surface area contributed by atoms with Gasteiger partial charge in [-0.3, -0.25) is 10.1 Å². The Hall–Kier alpha value is -3.86. The van der Waals surface area contributed by atoms with E-state index < -0.39 is 0 Å². The first-order valence-corrected chi connectivity index (χ1v) is 10.5. The van der Waals surface area contributed by atoms with E-state index in [0.29, 0.717) is 25.5 Å². The van der Waals surface area contributed by atoms with E-state index in [9.17, 15) is 9.59 Å². The number of amides is 3. The first-order chi connectivity index (χ1) is 15.7. The maximum atomic E-state index is 12.5. The smallest absolute Gasteiger partial charge is 0.323 e. The second kappa shape index (κ2) is 8.71. The van der Waals surface area contributed by atoms with Gasteiger partial charge in [0.2, 0.25) is 0 Å². The topological polar surface area (TPSA) is 130 Å². The molecule has 11 nitrogen and oxygen atoms in total. The number of urea groups is 1. The summed E-state index contributed by atoms with van der Waals surface area (Å²) in [7, 11) is 0. The van der Waals surface area contributed by atoms with Crippen LogP contribution in [-0.4, -0.2) is 48.3 Å². The average molecular weight is 433 g/mol. The van der Waals surface area contributed by atoms with Crippen molar-refractivity contribution in [1.29, 1.82) is 0 Å². The van der Waals surface area contributed by atoms with Gasteiger partial charge in [-0.05, 0) is 36.2 Å². The summed E-state index contributed by atoms with van der Waals surface area (Å²) < 4.78 is 2.03. The van der Waals surface area contributed by atoms with Gasteiger partial charge in [-0.1, -0.05) is 24.3 Å². The van der Waals surface area contributed by atoms with Crippen LogP contribution in [0.3, 0.4) is 0 Å². The highest BCUT2D eigenvalue weighted by atomic mass is 16.2. The quantitative estimate of drug-likeness (QED) is 0.560. The molecule has 2 aromatic heterocycles. The van der Waals surface area contributed by atoms with Crippen molar-refractivity contribution in [2.24, 2.45) is 0 Å². The average Bonchev–Trinajstić information content (AvgIpc) is 3.34. The molecule has 32 heavy (non-hydrogen) atoms. The molecule has 4 heterocycles. The van der Waals surface area contributed by atoms with Crippen LogP contribution in [0.25, 0.3) is 0 Å². The first kappa shape index (κ1) is 20.1. The summed E-state index contributed by atoms with van der Waals surface area (Å²) in [6.45, 7) is 3.77. The molecule has 0 fully saturated rings. The Bertz CT molecular complexity index is 1120. The molecule has 0 saturated heterocycles. The highest BCUT2D eigenvalue weighted by Gasteiger charge is 2.23. The summed E-state index contributed by atoms with van der Waals surface area (Å²) in [5, 5.41) is 25.1. The fraction of sp³-hybridized carbons (Fsp3) is 0.333. The number of rotatable bonds is 4. The number of hydrogen-bond donors (Lipinski definition) is 3. The number of carbonyl (C=O) groups excluding carboxylic acids is 2. The number of carbonyl (C=O) groups is 2. The lowest BCUT2D eigenvalue weighted by atomic mass is 10.1. The van der Waals surface area contributed by atoms with Gasteiger partial charge >= 0.3 is 6.03 Å². The maximum absolute atomic E-state index is 12.5. The Morgan fingerprint density at radius 1 is 1.00 bits per heavy atom. The Morgan fingerprint density at radius 2 is 1.81 bits per heavy atom. The Morgan fingerprint density at radius 3 is 2.56 bits per heavy atom. The minimum atomic E-state index is -0.366. The second-order valence-corrected chi connectivity index (χ2v) is 7.76. The van der Waals surface area contributed by atoms with Crippen LogP contribution in [-0.2, 0) is 32.7 Å². The third-order valence-electron chi connectivity index (χ3n) is 5.59. The van der Waals surface area contributed by atoms with E-state index in [1.165, 1.54) is 6.07 Å². The maximum Gasteiger partial charge on any atom is 0.323 e. The molecule has 164 valence electrons. The highest BCUT2D eigenvalue weighted by molar-refractivity contribution is 5.93. The lowest BCUT2D eigenvalue weighted by Gasteiger charge is -2.15. The van der Waals surface area contributed by atoms with Crippen LogP contribution in [0.5, 0.6) is 0 Å². The number of benzene rings is 1. The number of anilines is 1. The lowest BCUT2D eigenvalue weighted by Crippen LogP contribution is -2.31. The third-order valence-corrected chi connectivity index (χ3v) is 5.59. The van der Waals surface area contributed by atoms with Crippen LogP contribution in [0.15, 0.2) is 36.4 Å². The van der Waals surface area contributed by atoms with Crippen LogP contribution in [0.2, 0.25) is 0 Å². The molecule has 0 radical (unpaired) electrons. The zero-order valence-electron chi connectivity index (χ0n) is 17.4. The minimum absolute atomic E-state index is 0.161. The van der Waals surface area contributed by atoms with E-state index >= 15 is 0 Å². The van der Waals surface area contributed by atoms with Gasteiger partial charge in [-0.25, -0.2) is 4.79 Å². The summed E-state index contributed by atoms with van der Waals surface area (Å²) in [5.74, 6) is 1.50. The zero-order chi connectivity index (χ0) is 21.9. The number of nitrogens with one attached hydrogen (secondary N) is 3. The molecule has 5 rings (SSSR count). The molecule has 2 aliphatic heterocycles. The largest absolute Gasteiger partial charge is 0.343 e. The van der Waals surface area contributed by atoms with Crippen molar-refractivity contribution in [3.05, 3.63) is 64.9 Å². The molecule has 11 heteroatoms. The highest BCUT2D eigenvalue weighted by Crippen LogP contribution is 2.22. The van der Waals surface area contributed by atoms with Crippen molar-refractivity contribution in [3.63, 3.8) is 0 Å². The summed E-state index contributed by atoms with van der Waals surface area (Å²) in [4.78, 5) is 26.7. The standard InChI is InChI=1S/C21H23N9O2/c31-20(23-11-19-28-27-18-10-22-8-3-9-30(18)19)16-6-7-17(26-25-16)24-21(32)29-12-14-4-1-2-5-15(14)13-29/h1-2,4-7,22H,3,8-13H2,(H,23,31)(H,24,26,32). The fourth-order valence-corrected chi connectivity index (χ4v) is 3.89. The van der Waals surface area contributed by atoms with Gasteiger partial charge in [0, 0.05) is 19.6 Å². The van der Waals surface area contributed by atoms with Crippen molar-refractivity contribution in [3.8, 4) is 0 Å². The normalized spacial score (nSPS) is 14.9. The van der Waals surface area contributed by atoms with E-state index in [1.54, 1.807) is 11.0 Å². The molecule has 3 amide bonds. The van der Waals surface area contributed by atoms with Gasteiger partial charge in [0.15, 0.2) is 17.3 Å². The first-order valence-electron chi connectivity index (χ1n) is 10.5. The van der Waals surface area contributed by atoms with Crippen LogP contribution in [0.1, 0.15) is 39.7 Å². The molecule has 0 saturated carbocycles. The predicted molar refractivity (Wildman–Crippen MR) is 114 cm³/mol. The summed E-state index contributed by atoms with van der Waals surface area (Å²) in [6, 6.07) is 10.8. The van der Waals surface area contributed by atoms with Gasteiger partial charge in [-0.15, -0.1) is 20.4 Å². The summed E-state index contributed by atoms with van der Waals surface area (Å²) in [5.41, 5.74) is 2.44. The van der Waals surface area contributed by atoms with E-state index in [0.717, 1.165) is 36.5 Å². The van der Waals surface area contributed by atoms with Crippen molar-refractivity contribution >= 4 is 17.8 Å². The van der Waals surface area contributed by atoms with Crippen LogP contribution in [0.4, 0.5) is 10.6 Å². The zero-order valence-corrected chi connectivity index (χ0v) is 17.4. The van der Waals surface area contributed by atoms with Gasteiger partial charge in [0.1, 0.15) is 5.82 Å². The molecule has 0 unspecified atom stereocenters. The van der Waals surface area contributed by atoms with E-state index in [2.05, 4.69) is 36.3 Å². The van der Waals surface area contributed by atoms with E-state index in [1.807, 2.05) is 28.8 Å². The Labute approximate surface area is 184 Å². The predicted octanol–water partition coefficient (Wildman–Crippen LogP) is 1.04. The van der Waals surface area contributed by atoms with Crippen LogP contribution >= 0.6 is 0 Å². The molecule has 1 aromatic carbocycles.